The number of carboxylic acids is 1. The molecule has 27 heavy (non-hydrogen) atoms. The molecule has 0 aromatic heterocycles. The first-order valence-corrected chi connectivity index (χ1v) is 8.96. The molecular weight excluding hydrogens is 350 g/mol. The summed E-state index contributed by atoms with van der Waals surface area (Å²) >= 11 is 0. The summed E-state index contributed by atoms with van der Waals surface area (Å²) in [5.74, 6) is -2.25. The molecule has 4 nitrogen and oxygen atoms in total. The molecule has 1 N–H and O–H groups in total. The highest BCUT2D eigenvalue weighted by Crippen LogP contribution is 2.35. The lowest BCUT2D eigenvalue weighted by Gasteiger charge is -2.27. The molecule has 0 spiro atoms. The molecule has 0 saturated heterocycles. The third kappa shape index (κ3) is 4.96. The van der Waals surface area contributed by atoms with E-state index in [0.717, 1.165) is 11.3 Å². The Labute approximate surface area is 159 Å². The van der Waals surface area contributed by atoms with Crippen molar-refractivity contribution in [3.63, 3.8) is 0 Å². The average Bonchev–Trinajstić information content (AvgIpc) is 2.60. The SMILES string of the molecule is CC(C)N(C)c1ccccc1-c1cc(F)c(N(C)CCCC(=O)O)c(F)c1. The van der Waals surface area contributed by atoms with Crippen molar-refractivity contribution in [3.05, 3.63) is 48.0 Å². The third-order valence-corrected chi connectivity index (χ3v) is 4.65. The van der Waals surface area contributed by atoms with Crippen LogP contribution in [0.3, 0.4) is 0 Å². The van der Waals surface area contributed by atoms with Gasteiger partial charge in [-0.05, 0) is 44.0 Å². The molecular formula is C21H26F2N2O2. The van der Waals surface area contributed by atoms with Crippen molar-refractivity contribution < 1.29 is 18.7 Å². The van der Waals surface area contributed by atoms with Gasteiger partial charge in [0, 0.05) is 44.4 Å². The monoisotopic (exact) mass is 376 g/mol. The Balaban J connectivity index is 2.36. The molecule has 2 aromatic rings. The smallest absolute Gasteiger partial charge is 0.303 e. The number of aliphatic carboxylic acids is 1. The molecule has 0 atom stereocenters. The number of rotatable bonds is 8. The number of para-hydroxylation sites is 1. The molecule has 2 rings (SSSR count). The van der Waals surface area contributed by atoms with E-state index in [-0.39, 0.29) is 24.7 Å². The third-order valence-electron chi connectivity index (χ3n) is 4.65. The van der Waals surface area contributed by atoms with Crippen molar-refractivity contribution >= 4 is 17.3 Å². The van der Waals surface area contributed by atoms with Gasteiger partial charge in [0.1, 0.15) is 17.3 Å². The van der Waals surface area contributed by atoms with Crippen LogP contribution in [0.1, 0.15) is 26.7 Å². The maximum absolute atomic E-state index is 14.7. The van der Waals surface area contributed by atoms with Crippen LogP contribution in [0.4, 0.5) is 20.2 Å². The summed E-state index contributed by atoms with van der Waals surface area (Å²) in [6.45, 7) is 4.35. The minimum atomic E-state index is -0.925. The van der Waals surface area contributed by atoms with Gasteiger partial charge in [-0.3, -0.25) is 4.79 Å². The predicted molar refractivity (Wildman–Crippen MR) is 105 cm³/mol. The summed E-state index contributed by atoms with van der Waals surface area (Å²) in [4.78, 5) is 14.1. The van der Waals surface area contributed by atoms with Gasteiger partial charge in [0.05, 0.1) is 0 Å². The second kappa shape index (κ2) is 8.84. The molecule has 0 aliphatic rings. The van der Waals surface area contributed by atoms with Crippen molar-refractivity contribution in [1.29, 1.82) is 0 Å². The Bertz CT molecular complexity index is 786. The lowest BCUT2D eigenvalue weighted by Crippen LogP contribution is -2.26. The first-order chi connectivity index (χ1) is 12.7. The maximum Gasteiger partial charge on any atom is 0.303 e. The summed E-state index contributed by atoms with van der Waals surface area (Å²) in [5.41, 5.74) is 1.98. The zero-order chi connectivity index (χ0) is 20.1. The van der Waals surface area contributed by atoms with Crippen molar-refractivity contribution in [1.82, 2.24) is 0 Å². The number of anilines is 2. The molecule has 2 aromatic carbocycles. The normalized spacial score (nSPS) is 10.9. The number of halogens is 2. The topological polar surface area (TPSA) is 43.8 Å². The van der Waals surface area contributed by atoms with Crippen LogP contribution in [0.15, 0.2) is 36.4 Å². The van der Waals surface area contributed by atoms with Crippen LogP contribution in [-0.4, -0.2) is 37.8 Å². The van der Waals surface area contributed by atoms with E-state index in [9.17, 15) is 13.6 Å². The second-order valence-corrected chi connectivity index (χ2v) is 6.93. The lowest BCUT2D eigenvalue weighted by molar-refractivity contribution is -0.137. The van der Waals surface area contributed by atoms with Crippen LogP contribution in [0.5, 0.6) is 0 Å². The van der Waals surface area contributed by atoms with E-state index in [1.54, 1.807) is 7.05 Å². The van der Waals surface area contributed by atoms with Gasteiger partial charge >= 0.3 is 5.97 Å². The van der Waals surface area contributed by atoms with Crippen LogP contribution in [-0.2, 0) is 4.79 Å². The van der Waals surface area contributed by atoms with Crippen LogP contribution >= 0.6 is 0 Å². The van der Waals surface area contributed by atoms with Gasteiger partial charge in [-0.25, -0.2) is 8.78 Å². The van der Waals surface area contributed by atoms with Gasteiger partial charge in [-0.2, -0.15) is 0 Å². The van der Waals surface area contributed by atoms with E-state index >= 15 is 0 Å². The molecule has 0 aliphatic carbocycles. The van der Waals surface area contributed by atoms with Crippen molar-refractivity contribution in [2.75, 3.05) is 30.4 Å². The summed E-state index contributed by atoms with van der Waals surface area (Å²) in [5, 5.41) is 8.71. The highest BCUT2D eigenvalue weighted by atomic mass is 19.1. The zero-order valence-electron chi connectivity index (χ0n) is 16.2. The standard InChI is InChI=1S/C21H26F2N2O2/c1-14(2)25(4)19-9-6-5-8-16(19)15-12-17(22)21(18(23)13-15)24(3)11-7-10-20(26)27/h5-6,8-9,12-14H,7,10-11H2,1-4H3,(H,26,27). The zero-order valence-corrected chi connectivity index (χ0v) is 16.2. The summed E-state index contributed by atoms with van der Waals surface area (Å²) in [7, 11) is 3.50. The van der Waals surface area contributed by atoms with Crippen LogP contribution in [0, 0.1) is 11.6 Å². The van der Waals surface area contributed by atoms with E-state index in [1.165, 1.54) is 17.0 Å². The molecule has 6 heteroatoms. The van der Waals surface area contributed by atoms with Crippen LogP contribution in [0.25, 0.3) is 11.1 Å². The van der Waals surface area contributed by atoms with E-state index in [1.807, 2.05) is 45.2 Å². The van der Waals surface area contributed by atoms with Crippen molar-refractivity contribution in [3.8, 4) is 11.1 Å². The predicted octanol–water partition coefficient (Wildman–Crippen LogP) is 4.78. The number of carbonyl (C=O) groups is 1. The molecule has 0 fully saturated rings. The van der Waals surface area contributed by atoms with Crippen molar-refractivity contribution in [2.45, 2.75) is 32.7 Å². The Morgan fingerprint density at radius 1 is 1.11 bits per heavy atom. The van der Waals surface area contributed by atoms with Crippen LogP contribution in [0.2, 0.25) is 0 Å². The molecule has 0 aliphatic heterocycles. The fourth-order valence-corrected chi connectivity index (χ4v) is 2.97. The number of hydrogen-bond acceptors (Lipinski definition) is 3. The molecule has 0 radical (unpaired) electrons. The minimum absolute atomic E-state index is 0.0411. The van der Waals surface area contributed by atoms with Crippen LogP contribution < -0.4 is 9.80 Å². The quantitative estimate of drug-likeness (QED) is 0.720. The van der Waals surface area contributed by atoms with Gasteiger partial charge in [-0.1, -0.05) is 18.2 Å². The van der Waals surface area contributed by atoms with Gasteiger partial charge < -0.3 is 14.9 Å². The van der Waals surface area contributed by atoms with Gasteiger partial charge in [0.25, 0.3) is 0 Å². The summed E-state index contributed by atoms with van der Waals surface area (Å²) in [6.07, 6.45) is 0.273. The number of hydrogen-bond donors (Lipinski definition) is 1. The molecule has 0 unspecified atom stereocenters. The molecule has 0 saturated carbocycles. The first kappa shape index (κ1) is 20.7. The second-order valence-electron chi connectivity index (χ2n) is 6.93. The Hall–Kier alpha value is -2.63. The molecule has 0 heterocycles. The largest absolute Gasteiger partial charge is 0.481 e. The summed E-state index contributed by atoms with van der Waals surface area (Å²) in [6, 6.07) is 10.4. The fourth-order valence-electron chi connectivity index (χ4n) is 2.97. The maximum atomic E-state index is 14.7. The first-order valence-electron chi connectivity index (χ1n) is 8.96. The van der Waals surface area contributed by atoms with E-state index in [0.29, 0.717) is 12.0 Å². The fraction of sp³-hybridized carbons (Fsp3) is 0.381. The van der Waals surface area contributed by atoms with Gasteiger partial charge in [0.2, 0.25) is 0 Å². The Kier molecular flexibility index (Phi) is 6.77. The lowest BCUT2D eigenvalue weighted by atomic mass is 10.0. The molecule has 0 amide bonds. The van der Waals surface area contributed by atoms with Gasteiger partial charge in [-0.15, -0.1) is 0 Å². The summed E-state index contributed by atoms with van der Waals surface area (Å²) < 4.78 is 29.4. The number of nitrogens with zero attached hydrogens (tertiary/aromatic N) is 2. The highest BCUT2D eigenvalue weighted by Gasteiger charge is 2.18. The highest BCUT2D eigenvalue weighted by molar-refractivity contribution is 5.80. The Morgan fingerprint density at radius 3 is 2.26 bits per heavy atom. The number of carboxylic acid groups (broad SMARTS) is 1. The molecule has 146 valence electrons. The average molecular weight is 376 g/mol. The Morgan fingerprint density at radius 2 is 1.70 bits per heavy atom. The minimum Gasteiger partial charge on any atom is -0.481 e. The van der Waals surface area contributed by atoms with E-state index in [4.69, 9.17) is 5.11 Å². The van der Waals surface area contributed by atoms with Gasteiger partial charge in [0.15, 0.2) is 0 Å². The van der Waals surface area contributed by atoms with E-state index < -0.39 is 17.6 Å². The number of benzene rings is 2. The van der Waals surface area contributed by atoms with E-state index in [2.05, 4.69) is 4.90 Å². The van der Waals surface area contributed by atoms with Crippen molar-refractivity contribution in [2.24, 2.45) is 0 Å². The molecule has 0 bridgehead atoms.